The molecule has 0 atom stereocenters. The third-order valence-corrected chi connectivity index (χ3v) is 4.68. The van der Waals surface area contributed by atoms with Crippen molar-refractivity contribution in [1.29, 1.82) is 0 Å². The molecule has 0 spiro atoms. The van der Waals surface area contributed by atoms with Gasteiger partial charge in [-0.3, -0.25) is 0 Å². The van der Waals surface area contributed by atoms with E-state index in [1.165, 1.54) is 0 Å². The second kappa shape index (κ2) is 11.6. The lowest BCUT2D eigenvalue weighted by Gasteiger charge is -2.06. The maximum atomic E-state index is 5.78. The Labute approximate surface area is 180 Å². The van der Waals surface area contributed by atoms with Crippen LogP contribution in [0.15, 0.2) is 60.7 Å². The Balaban J connectivity index is 1.61. The van der Waals surface area contributed by atoms with Crippen LogP contribution in [0.25, 0.3) is 10.8 Å². The first kappa shape index (κ1) is 21.4. The number of fused-ring (bicyclic) bond motifs is 1. The Hall–Kier alpha value is -3.36. The summed E-state index contributed by atoms with van der Waals surface area (Å²) in [4.78, 5) is 0. The summed E-state index contributed by atoms with van der Waals surface area (Å²) in [5.74, 6) is 13.9. The molecule has 3 aromatic rings. The molecule has 2 heteroatoms. The number of hydrogen-bond donors (Lipinski definition) is 0. The Kier molecular flexibility index (Phi) is 8.25. The van der Waals surface area contributed by atoms with Crippen molar-refractivity contribution in [3.63, 3.8) is 0 Å². The number of benzene rings is 3. The fraction of sp³-hybridized carbons (Fsp3) is 0.286. The third kappa shape index (κ3) is 6.61. The van der Waals surface area contributed by atoms with E-state index in [0.29, 0.717) is 0 Å². The largest absolute Gasteiger partial charge is 0.494 e. The summed E-state index contributed by atoms with van der Waals surface area (Å²) in [6, 6.07) is 20.2. The molecule has 3 rings (SSSR count). The lowest BCUT2D eigenvalue weighted by molar-refractivity contribution is 0.309. The number of ether oxygens (including phenoxy) is 2. The standard InChI is InChI=1S/C28H28O2/c1-3-5-19-29-27-16-12-23(13-17-27)9-7-8-10-24-11-14-26-22-28(30-20-6-4-2)18-15-25(26)21-24/h11-18,21-22H,3-6,19-20H2,1-2H3. The van der Waals surface area contributed by atoms with Crippen LogP contribution in [0, 0.1) is 23.7 Å². The molecule has 3 aromatic carbocycles. The van der Waals surface area contributed by atoms with Crippen molar-refractivity contribution >= 4 is 10.8 Å². The van der Waals surface area contributed by atoms with Gasteiger partial charge in [0.15, 0.2) is 0 Å². The molecule has 0 aromatic heterocycles. The maximum Gasteiger partial charge on any atom is 0.119 e. The fourth-order valence-corrected chi connectivity index (χ4v) is 2.90. The summed E-state index contributed by atoms with van der Waals surface area (Å²) in [7, 11) is 0. The number of rotatable bonds is 8. The zero-order valence-corrected chi connectivity index (χ0v) is 17.8. The first-order valence-electron chi connectivity index (χ1n) is 10.7. The van der Waals surface area contributed by atoms with Gasteiger partial charge in [-0.15, -0.1) is 0 Å². The fourth-order valence-electron chi connectivity index (χ4n) is 2.90. The molecule has 0 aliphatic heterocycles. The summed E-state index contributed by atoms with van der Waals surface area (Å²) in [6.45, 7) is 5.84. The topological polar surface area (TPSA) is 18.5 Å². The first-order valence-corrected chi connectivity index (χ1v) is 10.7. The average molecular weight is 397 g/mol. The van der Waals surface area contributed by atoms with Crippen LogP contribution in [-0.4, -0.2) is 13.2 Å². The average Bonchev–Trinajstić information content (AvgIpc) is 2.78. The van der Waals surface area contributed by atoms with Crippen LogP contribution in [0.2, 0.25) is 0 Å². The Morgan fingerprint density at radius 3 is 1.83 bits per heavy atom. The lowest BCUT2D eigenvalue weighted by Crippen LogP contribution is -1.96. The second-order valence-electron chi connectivity index (χ2n) is 7.15. The minimum absolute atomic E-state index is 0.756. The second-order valence-corrected chi connectivity index (χ2v) is 7.15. The van der Waals surface area contributed by atoms with Gasteiger partial charge < -0.3 is 9.47 Å². The highest BCUT2D eigenvalue weighted by Crippen LogP contribution is 2.22. The van der Waals surface area contributed by atoms with Crippen LogP contribution in [0.4, 0.5) is 0 Å². The SMILES string of the molecule is CCCCOc1ccc(C#CC#Cc2ccc3cc(OCCCC)ccc3c2)cc1. The molecule has 0 amide bonds. The zero-order chi connectivity index (χ0) is 21.0. The van der Waals surface area contributed by atoms with Crippen LogP contribution < -0.4 is 9.47 Å². The van der Waals surface area contributed by atoms with E-state index in [0.717, 1.165) is 72.3 Å². The van der Waals surface area contributed by atoms with Gasteiger partial charge >= 0.3 is 0 Å². The monoisotopic (exact) mass is 396 g/mol. The van der Waals surface area contributed by atoms with Crippen molar-refractivity contribution in [3.8, 4) is 35.2 Å². The molecule has 152 valence electrons. The first-order chi connectivity index (χ1) is 14.8. The normalized spacial score (nSPS) is 9.93. The molecule has 0 unspecified atom stereocenters. The van der Waals surface area contributed by atoms with Crippen LogP contribution >= 0.6 is 0 Å². The van der Waals surface area contributed by atoms with Crippen molar-refractivity contribution in [1.82, 2.24) is 0 Å². The molecular weight excluding hydrogens is 368 g/mol. The van der Waals surface area contributed by atoms with Gasteiger partial charge in [-0.1, -0.05) is 50.7 Å². The van der Waals surface area contributed by atoms with Crippen molar-refractivity contribution in [2.75, 3.05) is 13.2 Å². The summed E-state index contributed by atoms with van der Waals surface area (Å²) in [6.07, 6.45) is 4.41. The van der Waals surface area contributed by atoms with E-state index in [4.69, 9.17) is 9.47 Å². The van der Waals surface area contributed by atoms with E-state index in [2.05, 4.69) is 61.8 Å². The molecule has 0 bridgehead atoms. The van der Waals surface area contributed by atoms with E-state index < -0.39 is 0 Å². The molecule has 0 aliphatic carbocycles. The van der Waals surface area contributed by atoms with E-state index in [9.17, 15) is 0 Å². The van der Waals surface area contributed by atoms with Crippen molar-refractivity contribution < 1.29 is 9.47 Å². The molecule has 0 N–H and O–H groups in total. The Morgan fingerprint density at radius 1 is 0.600 bits per heavy atom. The number of unbranched alkanes of at least 4 members (excludes halogenated alkanes) is 2. The van der Waals surface area contributed by atoms with Gasteiger partial charge in [0.1, 0.15) is 11.5 Å². The molecule has 0 saturated heterocycles. The minimum Gasteiger partial charge on any atom is -0.494 e. The lowest BCUT2D eigenvalue weighted by atomic mass is 10.1. The van der Waals surface area contributed by atoms with Gasteiger partial charge in [0.25, 0.3) is 0 Å². The maximum absolute atomic E-state index is 5.78. The highest BCUT2D eigenvalue weighted by molar-refractivity contribution is 5.85. The smallest absolute Gasteiger partial charge is 0.119 e. The Morgan fingerprint density at radius 2 is 1.13 bits per heavy atom. The van der Waals surface area contributed by atoms with Gasteiger partial charge in [0, 0.05) is 11.1 Å². The summed E-state index contributed by atoms with van der Waals surface area (Å²) in [5, 5.41) is 2.30. The minimum atomic E-state index is 0.756. The van der Waals surface area contributed by atoms with Crippen molar-refractivity contribution in [3.05, 3.63) is 71.8 Å². The highest BCUT2D eigenvalue weighted by atomic mass is 16.5. The predicted molar refractivity (Wildman–Crippen MR) is 125 cm³/mol. The van der Waals surface area contributed by atoms with Gasteiger partial charge in [-0.2, -0.15) is 0 Å². The molecule has 0 fully saturated rings. The summed E-state index contributed by atoms with van der Waals surface area (Å²) in [5.41, 5.74) is 1.89. The van der Waals surface area contributed by atoms with Gasteiger partial charge in [0.05, 0.1) is 13.2 Å². The predicted octanol–water partition coefficient (Wildman–Crippen LogP) is 6.60. The highest BCUT2D eigenvalue weighted by Gasteiger charge is 1.99. The Bertz CT molecular complexity index is 1070. The van der Waals surface area contributed by atoms with E-state index in [1.807, 2.05) is 36.4 Å². The van der Waals surface area contributed by atoms with Gasteiger partial charge in [-0.25, -0.2) is 0 Å². The third-order valence-electron chi connectivity index (χ3n) is 4.68. The van der Waals surface area contributed by atoms with E-state index in [-0.39, 0.29) is 0 Å². The van der Waals surface area contributed by atoms with Crippen molar-refractivity contribution in [2.45, 2.75) is 39.5 Å². The zero-order valence-electron chi connectivity index (χ0n) is 17.8. The summed E-state index contributed by atoms with van der Waals surface area (Å²) < 4.78 is 11.5. The molecular formula is C28H28O2. The van der Waals surface area contributed by atoms with Gasteiger partial charge in [-0.05, 0) is 84.0 Å². The van der Waals surface area contributed by atoms with Crippen molar-refractivity contribution in [2.24, 2.45) is 0 Å². The quantitative estimate of drug-likeness (QED) is 0.315. The molecule has 0 saturated carbocycles. The van der Waals surface area contributed by atoms with E-state index >= 15 is 0 Å². The van der Waals surface area contributed by atoms with Crippen LogP contribution in [0.3, 0.4) is 0 Å². The van der Waals surface area contributed by atoms with Crippen LogP contribution in [-0.2, 0) is 0 Å². The van der Waals surface area contributed by atoms with Gasteiger partial charge in [0.2, 0.25) is 0 Å². The number of hydrogen-bond acceptors (Lipinski definition) is 2. The molecule has 0 radical (unpaired) electrons. The van der Waals surface area contributed by atoms with Crippen LogP contribution in [0.1, 0.15) is 50.7 Å². The molecule has 0 aliphatic rings. The molecule has 2 nitrogen and oxygen atoms in total. The molecule has 0 heterocycles. The molecule has 30 heavy (non-hydrogen) atoms. The summed E-state index contributed by atoms with van der Waals surface area (Å²) >= 11 is 0. The van der Waals surface area contributed by atoms with Crippen LogP contribution in [0.5, 0.6) is 11.5 Å². The van der Waals surface area contributed by atoms with E-state index in [1.54, 1.807) is 0 Å².